The molecule has 0 unspecified atom stereocenters. The van der Waals surface area contributed by atoms with Gasteiger partial charge in [0, 0.05) is 6.54 Å². The smallest absolute Gasteiger partial charge is 0.257 e. The fourth-order valence-corrected chi connectivity index (χ4v) is 2.39. The standard InChI is InChI=1S/C13H17F2NO3S/c1-13(2,3)20(18,19)8-7-16-12(17)11-9(14)5-4-6-10(11)15/h4-6H,7-8H2,1-3H3,(H,16,17). The third-order valence-corrected chi connectivity index (χ3v) is 5.39. The molecule has 0 radical (unpaired) electrons. The number of hydrogen-bond donors (Lipinski definition) is 1. The SMILES string of the molecule is CC(C)(C)S(=O)(=O)CCNC(=O)c1c(F)cccc1F. The average Bonchev–Trinajstić information content (AvgIpc) is 2.26. The number of amides is 1. The van der Waals surface area contributed by atoms with Gasteiger partial charge in [-0.15, -0.1) is 0 Å². The third-order valence-electron chi connectivity index (χ3n) is 2.78. The number of halogens is 2. The van der Waals surface area contributed by atoms with Crippen molar-refractivity contribution in [2.45, 2.75) is 25.5 Å². The predicted octanol–water partition coefficient (Wildman–Crippen LogP) is 1.91. The van der Waals surface area contributed by atoms with E-state index in [2.05, 4.69) is 5.32 Å². The molecule has 112 valence electrons. The lowest BCUT2D eigenvalue weighted by Gasteiger charge is -2.19. The topological polar surface area (TPSA) is 63.2 Å². The molecular weight excluding hydrogens is 288 g/mol. The fourth-order valence-electron chi connectivity index (χ4n) is 1.41. The van der Waals surface area contributed by atoms with Crippen molar-refractivity contribution in [3.8, 4) is 0 Å². The second-order valence-electron chi connectivity index (χ2n) is 5.28. The first kappa shape index (κ1) is 16.6. The molecule has 1 N–H and O–H groups in total. The minimum atomic E-state index is -3.40. The van der Waals surface area contributed by atoms with E-state index in [9.17, 15) is 22.0 Å². The highest BCUT2D eigenvalue weighted by atomic mass is 32.2. The van der Waals surface area contributed by atoms with Crippen molar-refractivity contribution in [1.29, 1.82) is 0 Å². The molecule has 1 amide bonds. The second-order valence-corrected chi connectivity index (χ2v) is 8.15. The van der Waals surface area contributed by atoms with E-state index in [1.165, 1.54) is 0 Å². The van der Waals surface area contributed by atoms with Crippen LogP contribution in [0.2, 0.25) is 0 Å². The van der Waals surface area contributed by atoms with Crippen molar-refractivity contribution in [3.63, 3.8) is 0 Å². The molecule has 1 rings (SSSR count). The van der Waals surface area contributed by atoms with Crippen LogP contribution in [-0.4, -0.2) is 31.4 Å². The molecule has 0 atom stereocenters. The van der Waals surface area contributed by atoms with Gasteiger partial charge in [0.2, 0.25) is 0 Å². The molecule has 0 aliphatic rings. The number of carbonyl (C=O) groups excluding carboxylic acids is 1. The highest BCUT2D eigenvalue weighted by Gasteiger charge is 2.28. The summed E-state index contributed by atoms with van der Waals surface area (Å²) >= 11 is 0. The van der Waals surface area contributed by atoms with E-state index in [1.807, 2.05) is 0 Å². The second kappa shape index (κ2) is 5.87. The molecule has 0 aromatic heterocycles. The lowest BCUT2D eigenvalue weighted by atomic mass is 10.2. The summed E-state index contributed by atoms with van der Waals surface area (Å²) in [6.45, 7) is 4.42. The normalized spacial score (nSPS) is 12.2. The maximum atomic E-state index is 13.3. The van der Waals surface area contributed by atoms with Crippen LogP contribution in [0.5, 0.6) is 0 Å². The van der Waals surface area contributed by atoms with Crippen LogP contribution >= 0.6 is 0 Å². The van der Waals surface area contributed by atoms with E-state index >= 15 is 0 Å². The van der Waals surface area contributed by atoms with Crippen molar-refractivity contribution >= 4 is 15.7 Å². The van der Waals surface area contributed by atoms with Gasteiger partial charge in [-0.2, -0.15) is 0 Å². The molecule has 0 spiro atoms. The van der Waals surface area contributed by atoms with E-state index in [0.29, 0.717) is 0 Å². The van der Waals surface area contributed by atoms with E-state index in [-0.39, 0.29) is 12.3 Å². The van der Waals surface area contributed by atoms with Crippen LogP contribution in [0.3, 0.4) is 0 Å². The molecule has 7 heteroatoms. The van der Waals surface area contributed by atoms with E-state index < -0.39 is 37.7 Å². The van der Waals surface area contributed by atoms with Crippen molar-refractivity contribution in [2.24, 2.45) is 0 Å². The van der Waals surface area contributed by atoms with E-state index in [1.54, 1.807) is 20.8 Å². The molecular formula is C13H17F2NO3S. The number of nitrogens with one attached hydrogen (secondary N) is 1. The summed E-state index contributed by atoms with van der Waals surface area (Å²) in [5.41, 5.74) is -0.708. The zero-order chi connectivity index (χ0) is 15.6. The number of carbonyl (C=O) groups is 1. The van der Waals surface area contributed by atoms with Crippen molar-refractivity contribution in [2.75, 3.05) is 12.3 Å². The van der Waals surface area contributed by atoms with Gasteiger partial charge >= 0.3 is 0 Å². The van der Waals surface area contributed by atoms with Gasteiger partial charge in [0.25, 0.3) is 5.91 Å². The zero-order valence-electron chi connectivity index (χ0n) is 11.5. The Hall–Kier alpha value is -1.50. The summed E-state index contributed by atoms with van der Waals surface area (Å²) in [6, 6.07) is 3.07. The largest absolute Gasteiger partial charge is 0.351 e. The third kappa shape index (κ3) is 3.75. The quantitative estimate of drug-likeness (QED) is 0.924. The minimum Gasteiger partial charge on any atom is -0.351 e. The van der Waals surface area contributed by atoms with Gasteiger partial charge < -0.3 is 5.32 Å². The first-order valence-corrected chi connectivity index (χ1v) is 7.66. The highest BCUT2D eigenvalue weighted by molar-refractivity contribution is 7.92. The number of hydrogen-bond acceptors (Lipinski definition) is 3. The first-order valence-electron chi connectivity index (χ1n) is 6.01. The molecule has 20 heavy (non-hydrogen) atoms. The molecule has 0 bridgehead atoms. The van der Waals surface area contributed by atoms with Crippen molar-refractivity contribution in [3.05, 3.63) is 35.4 Å². The Morgan fingerprint density at radius 1 is 1.20 bits per heavy atom. The summed E-state index contributed by atoms with van der Waals surface area (Å²) in [7, 11) is -3.40. The van der Waals surface area contributed by atoms with Crippen molar-refractivity contribution < 1.29 is 22.0 Å². The maximum absolute atomic E-state index is 13.3. The predicted molar refractivity (Wildman–Crippen MR) is 72.2 cm³/mol. The van der Waals surface area contributed by atoms with Crippen LogP contribution in [0.1, 0.15) is 31.1 Å². The Morgan fingerprint density at radius 2 is 1.70 bits per heavy atom. The molecule has 1 aromatic carbocycles. The molecule has 0 heterocycles. The van der Waals surface area contributed by atoms with Gasteiger partial charge in [0.15, 0.2) is 9.84 Å². The molecule has 0 fully saturated rings. The Balaban J connectivity index is 2.71. The van der Waals surface area contributed by atoms with Crippen LogP contribution in [0, 0.1) is 11.6 Å². The van der Waals surface area contributed by atoms with Crippen LogP contribution in [0.4, 0.5) is 8.78 Å². The summed E-state index contributed by atoms with van der Waals surface area (Å²) in [4.78, 5) is 11.6. The van der Waals surface area contributed by atoms with Gasteiger partial charge in [-0.25, -0.2) is 17.2 Å². The molecule has 0 aliphatic heterocycles. The monoisotopic (exact) mass is 305 g/mol. The number of rotatable bonds is 4. The highest BCUT2D eigenvalue weighted by Crippen LogP contribution is 2.15. The van der Waals surface area contributed by atoms with Gasteiger partial charge in [-0.1, -0.05) is 6.07 Å². The molecule has 4 nitrogen and oxygen atoms in total. The summed E-state index contributed by atoms with van der Waals surface area (Å²) in [6.07, 6.45) is 0. The number of sulfone groups is 1. The Bertz CT molecular complexity index is 586. The average molecular weight is 305 g/mol. The first-order chi connectivity index (χ1) is 9.06. The number of benzene rings is 1. The van der Waals surface area contributed by atoms with E-state index in [4.69, 9.17) is 0 Å². The fraction of sp³-hybridized carbons (Fsp3) is 0.462. The van der Waals surface area contributed by atoms with E-state index in [0.717, 1.165) is 18.2 Å². The Labute approximate surface area is 117 Å². The van der Waals surface area contributed by atoms with Crippen LogP contribution < -0.4 is 5.32 Å². The molecule has 0 saturated carbocycles. The summed E-state index contributed by atoms with van der Waals surface area (Å²) in [5.74, 6) is -3.23. The van der Waals surface area contributed by atoms with Crippen LogP contribution in [0.25, 0.3) is 0 Å². The summed E-state index contributed by atoms with van der Waals surface area (Å²) in [5, 5.41) is 2.21. The molecule has 1 aromatic rings. The Morgan fingerprint density at radius 3 is 2.15 bits per heavy atom. The maximum Gasteiger partial charge on any atom is 0.257 e. The zero-order valence-corrected chi connectivity index (χ0v) is 12.4. The lowest BCUT2D eigenvalue weighted by Crippen LogP contribution is -2.36. The Kier molecular flexibility index (Phi) is 4.86. The van der Waals surface area contributed by atoms with Crippen molar-refractivity contribution in [1.82, 2.24) is 5.32 Å². The van der Waals surface area contributed by atoms with Crippen LogP contribution in [0.15, 0.2) is 18.2 Å². The van der Waals surface area contributed by atoms with Crippen LogP contribution in [-0.2, 0) is 9.84 Å². The van der Waals surface area contributed by atoms with Gasteiger partial charge in [0.1, 0.15) is 17.2 Å². The molecule has 0 saturated heterocycles. The lowest BCUT2D eigenvalue weighted by molar-refractivity contribution is 0.0947. The minimum absolute atomic E-state index is 0.202. The van der Waals surface area contributed by atoms with Gasteiger partial charge in [-0.3, -0.25) is 4.79 Å². The van der Waals surface area contributed by atoms with Gasteiger partial charge in [-0.05, 0) is 32.9 Å². The molecule has 0 aliphatic carbocycles. The summed E-state index contributed by atoms with van der Waals surface area (Å²) < 4.78 is 49.3. The van der Waals surface area contributed by atoms with Gasteiger partial charge in [0.05, 0.1) is 10.5 Å².